The zero-order chi connectivity index (χ0) is 22.9. The van der Waals surface area contributed by atoms with Crippen molar-refractivity contribution in [3.63, 3.8) is 0 Å². The Morgan fingerprint density at radius 1 is 1.23 bits per heavy atom. The molecule has 31 heavy (non-hydrogen) atoms. The number of hydrogen-bond donors (Lipinski definition) is 1. The van der Waals surface area contributed by atoms with Gasteiger partial charge in [0.05, 0.1) is 23.2 Å². The van der Waals surface area contributed by atoms with Gasteiger partial charge < -0.3 is 14.6 Å². The number of rotatable bonds is 7. The van der Waals surface area contributed by atoms with E-state index in [1.165, 1.54) is 12.1 Å². The number of aliphatic hydroxyl groups is 1. The Labute approximate surface area is 183 Å². The lowest BCUT2D eigenvalue weighted by Gasteiger charge is -2.38. The number of halogens is 1. The minimum atomic E-state index is -1.39. The average Bonchev–Trinajstić information content (AvgIpc) is 3.24. The number of hydrogen-bond acceptors (Lipinski definition) is 5. The number of ether oxygens (including phenoxy) is 2. The van der Waals surface area contributed by atoms with Crippen LogP contribution in [0.25, 0.3) is 0 Å². The summed E-state index contributed by atoms with van der Waals surface area (Å²) in [5.41, 5.74) is -1.48. The Kier molecular flexibility index (Phi) is 6.48. The van der Waals surface area contributed by atoms with Crippen LogP contribution in [-0.4, -0.2) is 16.9 Å². The maximum atomic E-state index is 15.3. The van der Waals surface area contributed by atoms with Gasteiger partial charge in [-0.25, -0.2) is 9.18 Å². The Bertz CT molecular complexity index is 907. The van der Waals surface area contributed by atoms with Crippen molar-refractivity contribution in [3.05, 3.63) is 47.0 Å². The van der Waals surface area contributed by atoms with E-state index in [4.69, 9.17) is 9.47 Å². The second kappa shape index (κ2) is 8.63. The van der Waals surface area contributed by atoms with Crippen LogP contribution in [0.3, 0.4) is 0 Å². The molecule has 0 bridgehead atoms. The molecule has 168 valence electrons. The lowest BCUT2D eigenvalue weighted by Crippen LogP contribution is -2.39. The molecule has 1 saturated carbocycles. The number of nitrogens with zero attached hydrogens (tertiary/aromatic N) is 1. The topological polar surface area (TPSA) is 79.5 Å². The maximum absolute atomic E-state index is 15.3. The molecule has 1 aliphatic heterocycles. The van der Waals surface area contributed by atoms with Crippen molar-refractivity contribution in [1.29, 1.82) is 5.26 Å². The summed E-state index contributed by atoms with van der Waals surface area (Å²) in [6.45, 7) is 7.03. The second-order valence-corrected chi connectivity index (χ2v) is 9.21. The zero-order valence-corrected chi connectivity index (χ0v) is 18.8. The molecule has 1 aliphatic carbocycles. The first-order valence-electron chi connectivity index (χ1n) is 11.2. The number of nitriles is 1. The van der Waals surface area contributed by atoms with Crippen LogP contribution in [-0.2, 0) is 25.3 Å². The first kappa shape index (κ1) is 23.3. The van der Waals surface area contributed by atoms with Crippen LogP contribution in [0.15, 0.2) is 30.0 Å². The molecule has 0 aromatic heterocycles. The SMILES string of the molecule is CCC(C#N)(CC)c1ccc(C(O)(CC2=CC(=O)OC(C)(C)O2)C2CCCC2)cc1F. The van der Waals surface area contributed by atoms with E-state index in [0.29, 0.717) is 29.7 Å². The third-order valence-corrected chi connectivity index (χ3v) is 6.88. The molecule has 1 aromatic rings. The fourth-order valence-electron chi connectivity index (χ4n) is 5.03. The summed E-state index contributed by atoms with van der Waals surface area (Å²) in [6, 6.07) is 7.00. The molecule has 2 aliphatic rings. The second-order valence-electron chi connectivity index (χ2n) is 9.21. The van der Waals surface area contributed by atoms with E-state index < -0.39 is 28.6 Å². The molecule has 1 aromatic carbocycles. The lowest BCUT2D eigenvalue weighted by atomic mass is 9.73. The van der Waals surface area contributed by atoms with Gasteiger partial charge in [0.1, 0.15) is 11.6 Å². The molecule has 0 spiro atoms. The summed E-state index contributed by atoms with van der Waals surface area (Å²) >= 11 is 0. The van der Waals surface area contributed by atoms with Crippen molar-refractivity contribution in [2.45, 2.75) is 89.4 Å². The van der Waals surface area contributed by atoms with Crippen molar-refractivity contribution in [2.24, 2.45) is 5.92 Å². The van der Waals surface area contributed by atoms with Crippen LogP contribution < -0.4 is 0 Å². The van der Waals surface area contributed by atoms with E-state index in [0.717, 1.165) is 25.7 Å². The molecule has 5 nitrogen and oxygen atoms in total. The fourth-order valence-corrected chi connectivity index (χ4v) is 5.03. The molecule has 3 rings (SSSR count). The van der Waals surface area contributed by atoms with Gasteiger partial charge in [0.25, 0.3) is 0 Å². The number of esters is 1. The summed E-state index contributed by atoms with van der Waals surface area (Å²) in [4.78, 5) is 12.0. The van der Waals surface area contributed by atoms with Crippen LogP contribution in [0.1, 0.15) is 83.8 Å². The Hall–Kier alpha value is -2.39. The lowest BCUT2D eigenvalue weighted by molar-refractivity contribution is -0.209. The molecule has 0 radical (unpaired) electrons. The predicted molar refractivity (Wildman–Crippen MR) is 114 cm³/mol. The third kappa shape index (κ3) is 4.48. The zero-order valence-electron chi connectivity index (χ0n) is 18.8. The molecule has 1 fully saturated rings. The average molecular weight is 430 g/mol. The Morgan fingerprint density at radius 3 is 2.39 bits per heavy atom. The van der Waals surface area contributed by atoms with Crippen molar-refractivity contribution in [3.8, 4) is 6.07 Å². The summed E-state index contributed by atoms with van der Waals surface area (Å²) < 4.78 is 26.3. The van der Waals surface area contributed by atoms with E-state index in [1.54, 1.807) is 26.0 Å². The van der Waals surface area contributed by atoms with Gasteiger partial charge in [-0.15, -0.1) is 0 Å². The predicted octanol–water partition coefficient (Wildman–Crippen LogP) is 5.37. The van der Waals surface area contributed by atoms with Crippen molar-refractivity contribution < 1.29 is 23.8 Å². The third-order valence-electron chi connectivity index (χ3n) is 6.88. The molecule has 1 atom stereocenters. The quantitative estimate of drug-likeness (QED) is 0.590. The van der Waals surface area contributed by atoms with Gasteiger partial charge in [-0.2, -0.15) is 5.26 Å². The molecule has 0 saturated heterocycles. The number of benzene rings is 1. The van der Waals surface area contributed by atoms with Crippen LogP contribution in [0.4, 0.5) is 4.39 Å². The summed E-state index contributed by atoms with van der Waals surface area (Å²) in [5, 5.41) is 21.6. The van der Waals surface area contributed by atoms with Crippen LogP contribution >= 0.6 is 0 Å². The van der Waals surface area contributed by atoms with Crippen molar-refractivity contribution in [1.82, 2.24) is 0 Å². The normalized spacial score (nSPS) is 20.9. The van der Waals surface area contributed by atoms with E-state index in [2.05, 4.69) is 6.07 Å². The van der Waals surface area contributed by atoms with Gasteiger partial charge in [-0.1, -0.05) is 38.8 Å². The van der Waals surface area contributed by atoms with Crippen LogP contribution in [0.5, 0.6) is 0 Å². The van der Waals surface area contributed by atoms with Crippen molar-refractivity contribution >= 4 is 5.97 Å². The van der Waals surface area contributed by atoms with Gasteiger partial charge in [0.15, 0.2) is 0 Å². The standard InChI is InChI=1S/C25H32FNO4/c1-5-24(6-2,16-27)20-12-11-18(13-21(20)26)25(29,17-9-7-8-10-17)15-19-14-22(28)31-23(3,4)30-19/h11-14,17,29H,5-10,15H2,1-4H3. The fraction of sp³-hybridized carbons (Fsp3) is 0.600. The minimum absolute atomic E-state index is 0.0555. The number of cyclic esters (lactones) is 1. The summed E-state index contributed by atoms with van der Waals surface area (Å²) in [7, 11) is 0. The molecule has 1 heterocycles. The van der Waals surface area contributed by atoms with E-state index in [1.807, 2.05) is 13.8 Å². The molecular weight excluding hydrogens is 397 g/mol. The van der Waals surface area contributed by atoms with E-state index in [9.17, 15) is 15.2 Å². The molecule has 1 unspecified atom stereocenters. The monoisotopic (exact) mass is 429 g/mol. The van der Waals surface area contributed by atoms with Gasteiger partial charge in [-0.3, -0.25) is 0 Å². The van der Waals surface area contributed by atoms with Gasteiger partial charge in [0.2, 0.25) is 5.79 Å². The number of carbonyl (C=O) groups excluding carboxylic acids is 1. The molecule has 0 amide bonds. The summed E-state index contributed by atoms with van der Waals surface area (Å²) in [5.74, 6) is -1.89. The number of carbonyl (C=O) groups is 1. The van der Waals surface area contributed by atoms with Crippen LogP contribution in [0, 0.1) is 23.1 Å². The van der Waals surface area contributed by atoms with Crippen molar-refractivity contribution in [2.75, 3.05) is 0 Å². The van der Waals surface area contributed by atoms with Crippen LogP contribution in [0.2, 0.25) is 0 Å². The largest absolute Gasteiger partial charge is 0.457 e. The highest BCUT2D eigenvalue weighted by Crippen LogP contribution is 2.46. The highest BCUT2D eigenvalue weighted by molar-refractivity contribution is 5.83. The van der Waals surface area contributed by atoms with Gasteiger partial charge in [0, 0.05) is 25.8 Å². The van der Waals surface area contributed by atoms with E-state index >= 15 is 4.39 Å². The Morgan fingerprint density at radius 2 is 1.87 bits per heavy atom. The first-order valence-corrected chi connectivity index (χ1v) is 11.2. The van der Waals surface area contributed by atoms with Gasteiger partial charge in [-0.05, 0) is 43.2 Å². The smallest absolute Gasteiger partial charge is 0.337 e. The van der Waals surface area contributed by atoms with E-state index in [-0.39, 0.29) is 12.3 Å². The maximum Gasteiger partial charge on any atom is 0.337 e. The molecule has 1 N–H and O–H groups in total. The minimum Gasteiger partial charge on any atom is -0.457 e. The molecule has 6 heteroatoms. The highest BCUT2D eigenvalue weighted by atomic mass is 19.1. The molecular formula is C25H32FNO4. The first-order chi connectivity index (χ1) is 14.6. The highest BCUT2D eigenvalue weighted by Gasteiger charge is 2.44. The Balaban J connectivity index is 2.03. The summed E-state index contributed by atoms with van der Waals surface area (Å²) in [6.07, 6.45) is 5.92. The van der Waals surface area contributed by atoms with Gasteiger partial charge >= 0.3 is 5.97 Å².